The van der Waals surface area contributed by atoms with Crippen molar-refractivity contribution < 1.29 is 19.1 Å². The summed E-state index contributed by atoms with van der Waals surface area (Å²) >= 11 is 3.50. The Morgan fingerprint density at radius 2 is 1.27 bits per heavy atom. The standard InChI is InChI=1S/C24H26O4S2/c1-27-22(25)24(23(26)28-2)14-13-18(16-29-20-9-5-3-6-10-20)19(15-24)17-30-21-11-7-4-8-12-21/h3-12H,13-17H2,1-2H3. The van der Waals surface area contributed by atoms with Crippen LogP contribution in [0.3, 0.4) is 0 Å². The van der Waals surface area contributed by atoms with Gasteiger partial charge in [0.05, 0.1) is 14.2 Å². The van der Waals surface area contributed by atoms with E-state index in [9.17, 15) is 9.59 Å². The molecule has 0 saturated heterocycles. The summed E-state index contributed by atoms with van der Waals surface area (Å²) in [4.78, 5) is 27.6. The molecule has 0 unspecified atom stereocenters. The Kier molecular flexibility index (Phi) is 8.05. The number of hydrogen-bond acceptors (Lipinski definition) is 6. The fourth-order valence-electron chi connectivity index (χ4n) is 3.64. The molecule has 0 radical (unpaired) electrons. The maximum atomic E-state index is 12.6. The zero-order chi connectivity index (χ0) is 21.4. The van der Waals surface area contributed by atoms with Gasteiger partial charge < -0.3 is 9.47 Å². The van der Waals surface area contributed by atoms with Crippen LogP contribution in [-0.2, 0) is 19.1 Å². The summed E-state index contributed by atoms with van der Waals surface area (Å²) in [7, 11) is 2.66. The summed E-state index contributed by atoms with van der Waals surface area (Å²) in [6, 6.07) is 20.4. The van der Waals surface area contributed by atoms with Crippen LogP contribution in [0.5, 0.6) is 0 Å². The second-order valence-corrected chi connectivity index (χ2v) is 9.25. The lowest BCUT2D eigenvalue weighted by Gasteiger charge is -2.34. The molecule has 0 spiro atoms. The van der Waals surface area contributed by atoms with Gasteiger partial charge >= 0.3 is 11.9 Å². The lowest BCUT2D eigenvalue weighted by atomic mass is 9.72. The Hall–Kier alpha value is -2.18. The van der Waals surface area contributed by atoms with E-state index in [1.165, 1.54) is 24.7 Å². The third-order valence-corrected chi connectivity index (χ3v) is 7.53. The van der Waals surface area contributed by atoms with Crippen LogP contribution in [0.15, 0.2) is 81.6 Å². The van der Waals surface area contributed by atoms with Gasteiger partial charge in [-0.2, -0.15) is 0 Å². The van der Waals surface area contributed by atoms with Crippen LogP contribution >= 0.6 is 23.5 Å². The van der Waals surface area contributed by atoms with Crippen LogP contribution in [-0.4, -0.2) is 37.7 Å². The van der Waals surface area contributed by atoms with E-state index in [1.54, 1.807) is 23.5 Å². The predicted octanol–water partition coefficient (Wildman–Crippen LogP) is 5.38. The fraction of sp³-hybridized carbons (Fsp3) is 0.333. The molecule has 0 aromatic heterocycles. The number of benzene rings is 2. The second-order valence-electron chi connectivity index (χ2n) is 7.15. The van der Waals surface area contributed by atoms with Crippen LogP contribution in [0.25, 0.3) is 0 Å². The highest BCUT2D eigenvalue weighted by Gasteiger charge is 2.50. The smallest absolute Gasteiger partial charge is 0.323 e. The molecule has 158 valence electrons. The highest BCUT2D eigenvalue weighted by molar-refractivity contribution is 7.99. The molecule has 0 saturated carbocycles. The predicted molar refractivity (Wildman–Crippen MR) is 122 cm³/mol. The maximum Gasteiger partial charge on any atom is 0.323 e. The molecule has 30 heavy (non-hydrogen) atoms. The number of hydrogen-bond donors (Lipinski definition) is 0. The van der Waals surface area contributed by atoms with Crippen molar-refractivity contribution in [2.45, 2.75) is 29.1 Å². The molecule has 4 nitrogen and oxygen atoms in total. The van der Waals surface area contributed by atoms with Gasteiger partial charge in [0.25, 0.3) is 0 Å². The molecule has 6 heteroatoms. The molecular formula is C24H26O4S2. The van der Waals surface area contributed by atoms with Gasteiger partial charge in [0, 0.05) is 21.3 Å². The summed E-state index contributed by atoms with van der Waals surface area (Å²) < 4.78 is 10.0. The third-order valence-electron chi connectivity index (χ3n) is 5.33. The number of carbonyl (C=O) groups is 2. The minimum atomic E-state index is -1.25. The molecule has 0 atom stereocenters. The van der Waals surface area contributed by atoms with Gasteiger partial charge in [-0.15, -0.1) is 23.5 Å². The van der Waals surface area contributed by atoms with Gasteiger partial charge in [-0.1, -0.05) is 47.5 Å². The van der Waals surface area contributed by atoms with Crippen molar-refractivity contribution in [3.63, 3.8) is 0 Å². The van der Waals surface area contributed by atoms with Crippen molar-refractivity contribution in [1.29, 1.82) is 0 Å². The van der Waals surface area contributed by atoms with Gasteiger partial charge in [0.2, 0.25) is 0 Å². The molecule has 0 N–H and O–H groups in total. The lowest BCUT2D eigenvalue weighted by Crippen LogP contribution is -2.43. The molecule has 0 fully saturated rings. The largest absolute Gasteiger partial charge is 0.468 e. The van der Waals surface area contributed by atoms with Crippen molar-refractivity contribution in [3.8, 4) is 0 Å². The van der Waals surface area contributed by atoms with Crippen molar-refractivity contribution >= 4 is 35.5 Å². The zero-order valence-corrected chi connectivity index (χ0v) is 18.9. The van der Waals surface area contributed by atoms with E-state index in [2.05, 4.69) is 24.3 Å². The van der Waals surface area contributed by atoms with E-state index in [4.69, 9.17) is 9.47 Å². The first-order chi connectivity index (χ1) is 14.6. The van der Waals surface area contributed by atoms with Gasteiger partial charge in [-0.05, 0) is 43.5 Å². The number of esters is 2. The van der Waals surface area contributed by atoms with Crippen LogP contribution in [0, 0.1) is 5.41 Å². The fourth-order valence-corrected chi connectivity index (χ4v) is 5.68. The van der Waals surface area contributed by atoms with Crippen LogP contribution < -0.4 is 0 Å². The summed E-state index contributed by atoms with van der Waals surface area (Å²) in [6.07, 6.45) is 1.43. The summed E-state index contributed by atoms with van der Waals surface area (Å²) in [5.41, 5.74) is 1.18. The first-order valence-electron chi connectivity index (χ1n) is 9.81. The van der Waals surface area contributed by atoms with E-state index in [1.807, 2.05) is 36.4 Å². The maximum absolute atomic E-state index is 12.6. The molecule has 0 bridgehead atoms. The van der Waals surface area contributed by atoms with Gasteiger partial charge in [0.1, 0.15) is 0 Å². The van der Waals surface area contributed by atoms with E-state index in [-0.39, 0.29) is 0 Å². The molecule has 0 heterocycles. The van der Waals surface area contributed by atoms with E-state index >= 15 is 0 Å². The summed E-state index contributed by atoms with van der Waals surface area (Å²) in [5.74, 6) is 0.551. The second kappa shape index (κ2) is 10.7. The first kappa shape index (κ1) is 22.5. The molecule has 1 aliphatic rings. The Morgan fingerprint density at radius 3 is 1.73 bits per heavy atom. The van der Waals surface area contributed by atoms with Crippen LogP contribution in [0.1, 0.15) is 19.3 Å². The zero-order valence-electron chi connectivity index (χ0n) is 17.3. The van der Waals surface area contributed by atoms with Crippen LogP contribution in [0.4, 0.5) is 0 Å². The van der Waals surface area contributed by atoms with Crippen molar-refractivity contribution in [2.24, 2.45) is 5.41 Å². The summed E-state index contributed by atoms with van der Waals surface area (Å²) in [5, 5.41) is 0. The minimum Gasteiger partial charge on any atom is -0.468 e. The van der Waals surface area contributed by atoms with E-state index < -0.39 is 17.4 Å². The number of rotatable bonds is 8. The number of carbonyl (C=O) groups excluding carboxylic acids is 2. The molecule has 0 amide bonds. The van der Waals surface area contributed by atoms with Crippen molar-refractivity contribution in [1.82, 2.24) is 0 Å². The van der Waals surface area contributed by atoms with E-state index in [0.29, 0.717) is 19.3 Å². The van der Waals surface area contributed by atoms with E-state index in [0.717, 1.165) is 22.0 Å². The molecular weight excluding hydrogens is 416 g/mol. The Morgan fingerprint density at radius 1 is 0.800 bits per heavy atom. The van der Waals surface area contributed by atoms with Gasteiger partial charge in [-0.25, -0.2) is 0 Å². The topological polar surface area (TPSA) is 52.6 Å². The minimum absolute atomic E-state index is 0.344. The number of ether oxygens (including phenoxy) is 2. The molecule has 2 aromatic rings. The third kappa shape index (κ3) is 5.29. The normalized spacial score (nSPS) is 15.5. The van der Waals surface area contributed by atoms with Crippen molar-refractivity contribution in [2.75, 3.05) is 25.7 Å². The number of methoxy groups -OCH3 is 2. The van der Waals surface area contributed by atoms with Crippen molar-refractivity contribution in [3.05, 3.63) is 71.8 Å². The SMILES string of the molecule is COC(=O)C1(C(=O)OC)CCC(CSc2ccccc2)=C(CSc2ccccc2)C1. The molecule has 3 rings (SSSR count). The first-order valence-corrected chi connectivity index (χ1v) is 11.8. The monoisotopic (exact) mass is 442 g/mol. The highest BCUT2D eigenvalue weighted by Crippen LogP contribution is 2.44. The molecule has 2 aromatic carbocycles. The quantitative estimate of drug-likeness (QED) is 0.237. The number of thioether (sulfide) groups is 2. The Balaban J connectivity index is 1.86. The Labute approximate surface area is 186 Å². The van der Waals surface area contributed by atoms with Gasteiger partial charge in [-0.3, -0.25) is 9.59 Å². The highest BCUT2D eigenvalue weighted by atomic mass is 32.2. The molecule has 0 aliphatic heterocycles. The molecule has 1 aliphatic carbocycles. The lowest BCUT2D eigenvalue weighted by molar-refractivity contribution is -0.170. The van der Waals surface area contributed by atoms with Gasteiger partial charge in [0.15, 0.2) is 5.41 Å². The average molecular weight is 443 g/mol. The van der Waals surface area contributed by atoms with Crippen LogP contribution in [0.2, 0.25) is 0 Å². The Bertz CT molecular complexity index is 878. The summed E-state index contributed by atoms with van der Waals surface area (Å²) in [6.45, 7) is 0. The average Bonchev–Trinajstić information content (AvgIpc) is 2.81.